The molecule has 3 rings (SSSR count). The van der Waals surface area contributed by atoms with E-state index in [2.05, 4.69) is 48.0 Å². The Balaban J connectivity index is 1.68. The number of pyridine rings is 1. The van der Waals surface area contributed by atoms with E-state index in [1.165, 1.54) is 10.5 Å². The Bertz CT molecular complexity index is 704. The molecule has 0 aliphatic carbocycles. The van der Waals surface area contributed by atoms with Gasteiger partial charge in [-0.05, 0) is 35.2 Å². The van der Waals surface area contributed by atoms with Gasteiger partial charge in [0.2, 0.25) is 0 Å². The number of rotatable bonds is 4. The fraction of sp³-hybridized carbons (Fsp3) is 0.368. The summed E-state index contributed by atoms with van der Waals surface area (Å²) in [7, 11) is 2.00. The standard InChI is InChI=1S/C19H23N3O2/c1-13(2)14-4-7-17(8-5-14)21(3)18-9-6-15(10-20-18)16-11-22(12-16)19(23)24/h4-10,13,16H,11-12H2,1-3H3,(H,23,24). The van der Waals surface area contributed by atoms with Crippen molar-refractivity contribution in [2.75, 3.05) is 25.0 Å². The van der Waals surface area contributed by atoms with E-state index < -0.39 is 6.09 Å². The summed E-state index contributed by atoms with van der Waals surface area (Å²) in [6.45, 7) is 5.49. The molecule has 0 saturated carbocycles. The molecule has 1 aromatic heterocycles. The maximum atomic E-state index is 10.8. The lowest BCUT2D eigenvalue weighted by Gasteiger charge is -2.37. The fourth-order valence-corrected chi connectivity index (χ4v) is 2.90. The van der Waals surface area contributed by atoms with Gasteiger partial charge in [0.15, 0.2) is 0 Å². The van der Waals surface area contributed by atoms with Gasteiger partial charge in [-0.2, -0.15) is 0 Å². The first-order valence-corrected chi connectivity index (χ1v) is 8.23. The van der Waals surface area contributed by atoms with Crippen LogP contribution in [0.25, 0.3) is 0 Å². The van der Waals surface area contributed by atoms with Gasteiger partial charge in [-0.1, -0.05) is 32.0 Å². The van der Waals surface area contributed by atoms with Crippen LogP contribution in [0.1, 0.15) is 36.8 Å². The number of nitrogens with zero attached hydrogens (tertiary/aromatic N) is 3. The summed E-state index contributed by atoms with van der Waals surface area (Å²) in [6, 6.07) is 12.6. The molecule has 1 saturated heterocycles. The third-order valence-electron chi connectivity index (χ3n) is 4.68. The molecule has 5 heteroatoms. The smallest absolute Gasteiger partial charge is 0.407 e. The zero-order valence-electron chi connectivity index (χ0n) is 14.3. The molecule has 0 bridgehead atoms. The van der Waals surface area contributed by atoms with Crippen LogP contribution in [-0.4, -0.2) is 41.2 Å². The van der Waals surface area contributed by atoms with Crippen molar-refractivity contribution in [1.82, 2.24) is 9.88 Å². The van der Waals surface area contributed by atoms with E-state index in [1.54, 1.807) is 0 Å². The highest BCUT2D eigenvalue weighted by molar-refractivity contribution is 5.66. The second-order valence-electron chi connectivity index (χ2n) is 6.64. The molecule has 0 radical (unpaired) electrons. The number of likely N-dealkylation sites (tertiary alicyclic amines) is 1. The molecule has 5 nitrogen and oxygen atoms in total. The quantitative estimate of drug-likeness (QED) is 0.921. The lowest BCUT2D eigenvalue weighted by molar-refractivity contribution is 0.105. The Morgan fingerprint density at radius 1 is 1.21 bits per heavy atom. The largest absolute Gasteiger partial charge is 0.465 e. The Hall–Kier alpha value is -2.56. The Morgan fingerprint density at radius 3 is 2.38 bits per heavy atom. The molecule has 1 aliphatic rings. The fourth-order valence-electron chi connectivity index (χ4n) is 2.90. The first kappa shape index (κ1) is 16.3. The molecule has 1 N–H and O–H groups in total. The summed E-state index contributed by atoms with van der Waals surface area (Å²) in [5.41, 5.74) is 3.52. The van der Waals surface area contributed by atoms with Crippen LogP contribution in [0.15, 0.2) is 42.6 Å². The molecule has 0 atom stereocenters. The van der Waals surface area contributed by atoms with Crippen molar-refractivity contribution in [3.8, 4) is 0 Å². The van der Waals surface area contributed by atoms with Gasteiger partial charge in [-0.15, -0.1) is 0 Å². The monoisotopic (exact) mass is 325 g/mol. The van der Waals surface area contributed by atoms with E-state index in [1.807, 2.05) is 25.4 Å². The topological polar surface area (TPSA) is 56.7 Å². The number of hydrogen-bond donors (Lipinski definition) is 1. The van der Waals surface area contributed by atoms with Gasteiger partial charge in [0.05, 0.1) is 0 Å². The predicted octanol–water partition coefficient (Wildman–Crippen LogP) is 4.05. The molecule has 2 heterocycles. The van der Waals surface area contributed by atoms with Crippen LogP contribution in [0.2, 0.25) is 0 Å². The second kappa shape index (κ2) is 6.51. The second-order valence-corrected chi connectivity index (χ2v) is 6.64. The predicted molar refractivity (Wildman–Crippen MR) is 95.2 cm³/mol. The SMILES string of the molecule is CC(C)c1ccc(N(C)c2ccc(C3CN(C(=O)O)C3)cn2)cc1. The maximum Gasteiger partial charge on any atom is 0.407 e. The highest BCUT2D eigenvalue weighted by Gasteiger charge is 2.31. The molecule has 1 aromatic carbocycles. The highest BCUT2D eigenvalue weighted by Crippen LogP contribution is 2.29. The number of carboxylic acid groups (broad SMARTS) is 1. The minimum absolute atomic E-state index is 0.262. The van der Waals surface area contributed by atoms with Gasteiger partial charge in [0.25, 0.3) is 0 Å². The zero-order valence-corrected chi connectivity index (χ0v) is 14.3. The molecular formula is C19H23N3O2. The van der Waals surface area contributed by atoms with Crippen molar-refractivity contribution in [1.29, 1.82) is 0 Å². The normalized spacial score (nSPS) is 14.6. The summed E-state index contributed by atoms with van der Waals surface area (Å²) in [6.07, 6.45) is 1.01. The van der Waals surface area contributed by atoms with Crippen molar-refractivity contribution in [3.63, 3.8) is 0 Å². The molecule has 2 aromatic rings. The van der Waals surface area contributed by atoms with Gasteiger partial charge in [-0.25, -0.2) is 9.78 Å². The number of anilines is 2. The average Bonchev–Trinajstić information content (AvgIpc) is 2.53. The van der Waals surface area contributed by atoms with E-state index in [0.29, 0.717) is 19.0 Å². The number of aromatic nitrogens is 1. The molecular weight excluding hydrogens is 302 g/mol. The zero-order chi connectivity index (χ0) is 17.3. The lowest BCUT2D eigenvalue weighted by Crippen LogP contribution is -2.47. The molecule has 0 spiro atoms. The van der Waals surface area contributed by atoms with Crippen molar-refractivity contribution >= 4 is 17.6 Å². The minimum atomic E-state index is -0.847. The summed E-state index contributed by atoms with van der Waals surface area (Å²) in [4.78, 5) is 18.8. The molecule has 1 fully saturated rings. The molecule has 0 unspecified atom stereocenters. The average molecular weight is 325 g/mol. The van der Waals surface area contributed by atoms with Crippen LogP contribution in [0.5, 0.6) is 0 Å². The van der Waals surface area contributed by atoms with Gasteiger partial charge in [0, 0.05) is 37.9 Å². The van der Waals surface area contributed by atoms with Gasteiger partial charge < -0.3 is 14.9 Å². The minimum Gasteiger partial charge on any atom is -0.465 e. The van der Waals surface area contributed by atoms with Crippen molar-refractivity contribution in [3.05, 3.63) is 53.7 Å². The summed E-state index contributed by atoms with van der Waals surface area (Å²) in [5.74, 6) is 1.67. The van der Waals surface area contributed by atoms with Gasteiger partial charge in [-0.3, -0.25) is 0 Å². The first-order chi connectivity index (χ1) is 11.5. The van der Waals surface area contributed by atoms with Crippen molar-refractivity contribution in [2.24, 2.45) is 0 Å². The van der Waals surface area contributed by atoms with E-state index in [9.17, 15) is 4.79 Å². The highest BCUT2D eigenvalue weighted by atomic mass is 16.4. The van der Waals surface area contributed by atoms with Crippen LogP contribution in [0.4, 0.5) is 16.3 Å². The summed E-state index contributed by atoms with van der Waals surface area (Å²) < 4.78 is 0. The lowest BCUT2D eigenvalue weighted by atomic mass is 9.93. The van der Waals surface area contributed by atoms with E-state index in [4.69, 9.17) is 5.11 Å². The molecule has 1 aliphatic heterocycles. The van der Waals surface area contributed by atoms with Crippen molar-refractivity contribution < 1.29 is 9.90 Å². The summed E-state index contributed by atoms with van der Waals surface area (Å²) >= 11 is 0. The number of amides is 1. The van der Waals surface area contributed by atoms with Gasteiger partial charge in [0.1, 0.15) is 5.82 Å². The van der Waals surface area contributed by atoms with Gasteiger partial charge >= 0.3 is 6.09 Å². The van der Waals surface area contributed by atoms with E-state index >= 15 is 0 Å². The summed E-state index contributed by atoms with van der Waals surface area (Å²) in [5, 5.41) is 8.90. The molecule has 126 valence electrons. The third-order valence-corrected chi connectivity index (χ3v) is 4.68. The Labute approximate surface area is 142 Å². The van der Waals surface area contributed by atoms with E-state index in [-0.39, 0.29) is 5.92 Å². The van der Waals surface area contributed by atoms with Crippen LogP contribution in [0, 0.1) is 0 Å². The van der Waals surface area contributed by atoms with Crippen LogP contribution < -0.4 is 4.90 Å². The van der Waals surface area contributed by atoms with Crippen LogP contribution in [0.3, 0.4) is 0 Å². The first-order valence-electron chi connectivity index (χ1n) is 8.23. The number of benzene rings is 1. The molecule has 1 amide bonds. The maximum absolute atomic E-state index is 10.8. The van der Waals surface area contributed by atoms with Crippen molar-refractivity contribution in [2.45, 2.75) is 25.7 Å². The van der Waals surface area contributed by atoms with Crippen LogP contribution in [-0.2, 0) is 0 Å². The van der Waals surface area contributed by atoms with Crippen LogP contribution >= 0.6 is 0 Å². The molecule has 24 heavy (non-hydrogen) atoms. The Kier molecular flexibility index (Phi) is 4.42. The van der Waals surface area contributed by atoms with E-state index in [0.717, 1.165) is 17.1 Å². The third kappa shape index (κ3) is 3.20. The number of carbonyl (C=O) groups is 1. The number of hydrogen-bond acceptors (Lipinski definition) is 3. The Morgan fingerprint density at radius 2 is 1.88 bits per heavy atom.